The molecule has 0 bridgehead atoms. The third kappa shape index (κ3) is 4.72. The SMILES string of the molecule is Cc1nc(N[C@H](C)c2cccc(C(F)(F)CO)c2F)c2cc(N3CCN(C)CC3)ncc2n1. The molecular weight excluding hydrogens is 433 g/mol. The van der Waals surface area contributed by atoms with Crippen molar-refractivity contribution < 1.29 is 18.3 Å². The molecule has 7 nitrogen and oxygen atoms in total. The second-order valence-electron chi connectivity index (χ2n) is 8.41. The van der Waals surface area contributed by atoms with Crippen molar-refractivity contribution in [2.75, 3.05) is 50.1 Å². The topological polar surface area (TPSA) is 77.4 Å². The van der Waals surface area contributed by atoms with Gasteiger partial charge in [-0.25, -0.2) is 19.3 Å². The molecule has 176 valence electrons. The summed E-state index contributed by atoms with van der Waals surface area (Å²) in [4.78, 5) is 17.9. The Balaban J connectivity index is 1.68. The number of likely N-dealkylation sites (N-methyl/N-ethyl adjacent to an activating group) is 1. The molecule has 1 aliphatic rings. The number of rotatable bonds is 6. The Morgan fingerprint density at radius 3 is 2.61 bits per heavy atom. The fourth-order valence-electron chi connectivity index (χ4n) is 3.99. The quantitative estimate of drug-likeness (QED) is 0.583. The number of hydrogen-bond acceptors (Lipinski definition) is 7. The third-order valence-corrected chi connectivity index (χ3v) is 5.95. The maximum Gasteiger partial charge on any atom is 0.298 e. The first kappa shape index (κ1) is 23.2. The highest BCUT2D eigenvalue weighted by molar-refractivity contribution is 5.90. The van der Waals surface area contributed by atoms with Crippen LogP contribution in [0.2, 0.25) is 0 Å². The van der Waals surface area contributed by atoms with Crippen LogP contribution in [-0.2, 0) is 5.92 Å². The van der Waals surface area contributed by atoms with Gasteiger partial charge in [0.25, 0.3) is 5.92 Å². The van der Waals surface area contributed by atoms with E-state index in [1.54, 1.807) is 20.0 Å². The molecule has 1 atom stereocenters. The fourth-order valence-corrected chi connectivity index (χ4v) is 3.99. The number of aliphatic hydroxyl groups is 1. The Morgan fingerprint density at radius 2 is 1.91 bits per heavy atom. The first-order chi connectivity index (χ1) is 15.7. The maximum atomic E-state index is 15.0. The van der Waals surface area contributed by atoms with Crippen molar-refractivity contribution >= 4 is 22.5 Å². The lowest BCUT2D eigenvalue weighted by Crippen LogP contribution is -2.44. The lowest BCUT2D eigenvalue weighted by atomic mass is 10.00. The van der Waals surface area contributed by atoms with Crippen LogP contribution in [0.1, 0.15) is 29.9 Å². The summed E-state index contributed by atoms with van der Waals surface area (Å²) < 4.78 is 42.9. The molecule has 0 spiro atoms. The van der Waals surface area contributed by atoms with Gasteiger partial charge in [0.15, 0.2) is 0 Å². The van der Waals surface area contributed by atoms with E-state index >= 15 is 0 Å². The number of fused-ring (bicyclic) bond motifs is 1. The number of hydrogen-bond donors (Lipinski definition) is 2. The number of halogens is 3. The van der Waals surface area contributed by atoms with E-state index in [0.29, 0.717) is 22.5 Å². The zero-order chi connectivity index (χ0) is 23.8. The number of nitrogens with zero attached hydrogens (tertiary/aromatic N) is 5. The largest absolute Gasteiger partial charge is 0.390 e. The fraction of sp³-hybridized carbons (Fsp3) is 0.435. The molecule has 0 saturated carbocycles. The van der Waals surface area contributed by atoms with Crippen molar-refractivity contribution in [3.05, 3.63) is 53.2 Å². The predicted molar refractivity (Wildman–Crippen MR) is 121 cm³/mol. The molecule has 1 aliphatic heterocycles. The van der Waals surface area contributed by atoms with Gasteiger partial charge in [0, 0.05) is 37.1 Å². The van der Waals surface area contributed by atoms with Crippen molar-refractivity contribution in [3.8, 4) is 0 Å². The van der Waals surface area contributed by atoms with E-state index in [1.165, 1.54) is 12.1 Å². The molecule has 0 amide bonds. The lowest BCUT2D eigenvalue weighted by Gasteiger charge is -2.33. The molecule has 4 rings (SSSR count). The van der Waals surface area contributed by atoms with Gasteiger partial charge < -0.3 is 20.2 Å². The Hall–Kier alpha value is -2.98. The van der Waals surface area contributed by atoms with E-state index in [2.05, 4.69) is 37.1 Å². The monoisotopic (exact) mass is 460 g/mol. The molecule has 0 aliphatic carbocycles. The number of benzene rings is 1. The van der Waals surface area contributed by atoms with Crippen LogP contribution in [0.5, 0.6) is 0 Å². The summed E-state index contributed by atoms with van der Waals surface area (Å²) in [5.41, 5.74) is -0.143. The van der Waals surface area contributed by atoms with Gasteiger partial charge >= 0.3 is 0 Å². The predicted octanol–water partition coefficient (Wildman–Crippen LogP) is 3.48. The molecule has 10 heteroatoms. The summed E-state index contributed by atoms with van der Waals surface area (Å²) in [6, 6.07) is 5.02. The molecule has 2 aromatic heterocycles. The number of pyridine rings is 1. The van der Waals surface area contributed by atoms with Crippen LogP contribution in [-0.4, -0.2) is 64.8 Å². The highest BCUT2D eigenvalue weighted by Gasteiger charge is 2.35. The highest BCUT2D eigenvalue weighted by Crippen LogP contribution is 2.34. The smallest absolute Gasteiger partial charge is 0.298 e. The van der Waals surface area contributed by atoms with Gasteiger partial charge in [0.05, 0.1) is 23.3 Å². The second kappa shape index (κ2) is 9.11. The lowest BCUT2D eigenvalue weighted by molar-refractivity contribution is -0.0583. The van der Waals surface area contributed by atoms with Gasteiger partial charge in [-0.1, -0.05) is 12.1 Å². The van der Waals surface area contributed by atoms with Crippen LogP contribution in [0.25, 0.3) is 10.9 Å². The Kier molecular flexibility index (Phi) is 6.40. The molecule has 3 heterocycles. The molecule has 33 heavy (non-hydrogen) atoms. The molecular formula is C23H27F3N6O. The van der Waals surface area contributed by atoms with Crippen LogP contribution < -0.4 is 10.2 Å². The van der Waals surface area contributed by atoms with Crippen LogP contribution in [0, 0.1) is 12.7 Å². The zero-order valence-corrected chi connectivity index (χ0v) is 18.8. The first-order valence-corrected chi connectivity index (χ1v) is 10.8. The average molecular weight is 461 g/mol. The third-order valence-electron chi connectivity index (χ3n) is 5.95. The number of aliphatic hydroxyl groups excluding tert-OH is 1. The minimum absolute atomic E-state index is 0.0541. The summed E-state index contributed by atoms with van der Waals surface area (Å²) in [5, 5.41) is 12.9. The van der Waals surface area contributed by atoms with E-state index in [9.17, 15) is 13.2 Å². The minimum atomic E-state index is -3.67. The number of anilines is 2. The van der Waals surface area contributed by atoms with Crippen molar-refractivity contribution in [2.24, 2.45) is 0 Å². The normalized spacial score (nSPS) is 16.3. The Labute approximate surface area is 190 Å². The molecule has 0 unspecified atom stereocenters. The van der Waals surface area contributed by atoms with Gasteiger partial charge in [-0.05, 0) is 33.0 Å². The van der Waals surface area contributed by atoms with E-state index in [1.807, 2.05) is 6.07 Å². The van der Waals surface area contributed by atoms with Gasteiger partial charge in [0.1, 0.15) is 29.9 Å². The maximum absolute atomic E-state index is 15.0. The van der Waals surface area contributed by atoms with Crippen LogP contribution in [0.3, 0.4) is 0 Å². The Morgan fingerprint density at radius 1 is 1.18 bits per heavy atom. The van der Waals surface area contributed by atoms with Gasteiger partial charge in [-0.2, -0.15) is 8.78 Å². The van der Waals surface area contributed by atoms with Crippen LogP contribution in [0.15, 0.2) is 30.5 Å². The highest BCUT2D eigenvalue weighted by atomic mass is 19.3. The number of piperazine rings is 1. The summed E-state index contributed by atoms with van der Waals surface area (Å²) in [5.74, 6) is -2.93. The number of alkyl halides is 2. The van der Waals surface area contributed by atoms with Crippen molar-refractivity contribution in [1.82, 2.24) is 19.9 Å². The average Bonchev–Trinajstić information content (AvgIpc) is 2.79. The molecule has 0 radical (unpaired) electrons. The number of aryl methyl sites for hydroxylation is 1. The molecule has 3 aromatic rings. The van der Waals surface area contributed by atoms with E-state index < -0.39 is 30.0 Å². The van der Waals surface area contributed by atoms with Crippen LogP contribution >= 0.6 is 0 Å². The van der Waals surface area contributed by atoms with Gasteiger partial charge in [0.2, 0.25) is 0 Å². The minimum Gasteiger partial charge on any atom is -0.390 e. The standard InChI is InChI=1S/C23H27F3N6O/c1-14(16-5-4-6-18(21(16)24)23(25,26)13-33)28-22-17-11-20(32-9-7-31(3)8-10-32)27-12-19(17)29-15(2)30-22/h4-6,11-12,14,33H,7-10,13H2,1-3H3,(H,28,29,30)/t14-/m1/s1. The van der Waals surface area contributed by atoms with Gasteiger partial charge in [-0.3, -0.25) is 0 Å². The number of aromatic nitrogens is 3. The Bertz CT molecular complexity index is 1150. The summed E-state index contributed by atoms with van der Waals surface area (Å²) in [7, 11) is 2.08. The summed E-state index contributed by atoms with van der Waals surface area (Å²) >= 11 is 0. The number of nitrogens with one attached hydrogen (secondary N) is 1. The van der Waals surface area contributed by atoms with Crippen molar-refractivity contribution in [1.29, 1.82) is 0 Å². The zero-order valence-electron chi connectivity index (χ0n) is 18.8. The second-order valence-corrected chi connectivity index (χ2v) is 8.41. The van der Waals surface area contributed by atoms with E-state index in [4.69, 9.17) is 5.11 Å². The van der Waals surface area contributed by atoms with E-state index in [-0.39, 0.29) is 5.56 Å². The van der Waals surface area contributed by atoms with Crippen LogP contribution in [0.4, 0.5) is 24.8 Å². The van der Waals surface area contributed by atoms with E-state index in [0.717, 1.165) is 38.1 Å². The molecule has 1 saturated heterocycles. The first-order valence-electron chi connectivity index (χ1n) is 10.8. The van der Waals surface area contributed by atoms with Crippen molar-refractivity contribution in [2.45, 2.75) is 25.8 Å². The summed E-state index contributed by atoms with van der Waals surface area (Å²) in [6.45, 7) is 5.50. The van der Waals surface area contributed by atoms with Gasteiger partial charge in [-0.15, -0.1) is 0 Å². The van der Waals surface area contributed by atoms with Crippen molar-refractivity contribution in [3.63, 3.8) is 0 Å². The molecule has 2 N–H and O–H groups in total. The molecule has 1 fully saturated rings. The molecule has 1 aromatic carbocycles. The summed E-state index contributed by atoms with van der Waals surface area (Å²) in [6.07, 6.45) is 1.69.